The first-order valence-electron chi connectivity index (χ1n) is 6.75. The van der Waals surface area contributed by atoms with Gasteiger partial charge >= 0.3 is 0 Å². The Hall–Kier alpha value is -1.30. The lowest BCUT2D eigenvalue weighted by molar-refractivity contribution is 0.265. The topological polar surface area (TPSA) is 47.1 Å². The highest BCUT2D eigenvalue weighted by molar-refractivity contribution is 7.98. The van der Waals surface area contributed by atoms with Crippen LogP contribution in [-0.4, -0.2) is 46.8 Å². The van der Waals surface area contributed by atoms with Crippen molar-refractivity contribution in [2.75, 3.05) is 32.1 Å². The van der Waals surface area contributed by atoms with Gasteiger partial charge in [-0.1, -0.05) is 18.2 Å². The molecule has 2 N–H and O–H groups in total. The Kier molecular flexibility index (Phi) is 5.64. The van der Waals surface area contributed by atoms with Crippen molar-refractivity contribution < 1.29 is 0 Å². The second kappa shape index (κ2) is 7.47. The standard InChI is InChI=1S/C15H22N4S/c1-18(8-9-20-2)15(10-16)13-11-17-19(12-13)14-6-4-3-5-7-14/h3-7,11-12,15H,8-10,16H2,1-2H3. The van der Waals surface area contributed by atoms with Gasteiger partial charge in [0, 0.05) is 36.6 Å². The number of nitrogens with two attached hydrogens (primary N) is 1. The Morgan fingerprint density at radius 3 is 2.75 bits per heavy atom. The predicted octanol–water partition coefficient (Wildman–Crippen LogP) is 2.17. The van der Waals surface area contributed by atoms with Gasteiger partial charge in [-0.15, -0.1) is 0 Å². The van der Waals surface area contributed by atoms with E-state index in [4.69, 9.17) is 5.73 Å². The summed E-state index contributed by atoms with van der Waals surface area (Å²) >= 11 is 1.85. The van der Waals surface area contributed by atoms with Crippen molar-refractivity contribution in [2.45, 2.75) is 6.04 Å². The maximum atomic E-state index is 5.94. The molecule has 0 aliphatic rings. The van der Waals surface area contributed by atoms with Crippen LogP contribution in [0.1, 0.15) is 11.6 Å². The summed E-state index contributed by atoms with van der Waals surface area (Å²) < 4.78 is 1.90. The van der Waals surface area contributed by atoms with Crippen LogP contribution < -0.4 is 5.73 Å². The first-order chi connectivity index (χ1) is 9.76. The van der Waals surface area contributed by atoms with Crippen LogP contribution in [0.15, 0.2) is 42.7 Å². The summed E-state index contributed by atoms with van der Waals surface area (Å²) in [6.45, 7) is 1.63. The lowest BCUT2D eigenvalue weighted by Crippen LogP contribution is -2.32. The fraction of sp³-hybridized carbons (Fsp3) is 0.400. The number of hydrogen-bond acceptors (Lipinski definition) is 4. The molecule has 1 unspecified atom stereocenters. The Balaban J connectivity index is 2.14. The molecule has 2 aromatic rings. The zero-order valence-electron chi connectivity index (χ0n) is 12.1. The van der Waals surface area contributed by atoms with Crippen LogP contribution in [0.2, 0.25) is 0 Å². The SMILES string of the molecule is CSCCN(C)C(CN)c1cnn(-c2ccccc2)c1. The summed E-state index contributed by atoms with van der Waals surface area (Å²) in [5, 5.41) is 4.45. The molecule has 2 rings (SSSR count). The zero-order chi connectivity index (χ0) is 14.4. The van der Waals surface area contributed by atoms with E-state index in [0.717, 1.165) is 18.0 Å². The number of rotatable bonds is 7. The Bertz CT molecular complexity index is 512. The molecule has 5 heteroatoms. The Morgan fingerprint density at radius 1 is 1.35 bits per heavy atom. The van der Waals surface area contributed by atoms with Crippen LogP contribution in [0.25, 0.3) is 5.69 Å². The summed E-state index contributed by atoms with van der Waals surface area (Å²) in [7, 11) is 2.12. The minimum absolute atomic E-state index is 0.222. The van der Waals surface area contributed by atoms with Crippen LogP contribution >= 0.6 is 11.8 Å². The maximum absolute atomic E-state index is 5.94. The summed E-state index contributed by atoms with van der Waals surface area (Å²) in [6, 6.07) is 10.4. The average molecular weight is 290 g/mol. The average Bonchev–Trinajstić information content (AvgIpc) is 2.96. The number of thioether (sulfide) groups is 1. The monoisotopic (exact) mass is 290 g/mol. The molecule has 108 valence electrons. The van der Waals surface area contributed by atoms with Gasteiger partial charge in [-0.25, -0.2) is 4.68 Å². The molecular formula is C15H22N4S. The largest absolute Gasteiger partial charge is 0.329 e. The molecule has 4 nitrogen and oxygen atoms in total. The molecule has 20 heavy (non-hydrogen) atoms. The molecule has 0 fully saturated rings. The minimum Gasteiger partial charge on any atom is -0.329 e. The summed E-state index contributed by atoms with van der Waals surface area (Å²) in [5.74, 6) is 1.11. The van der Waals surface area contributed by atoms with Gasteiger partial charge in [0.05, 0.1) is 11.9 Å². The van der Waals surface area contributed by atoms with Crippen LogP contribution in [0.4, 0.5) is 0 Å². The van der Waals surface area contributed by atoms with E-state index in [9.17, 15) is 0 Å². The van der Waals surface area contributed by atoms with E-state index < -0.39 is 0 Å². The predicted molar refractivity (Wildman–Crippen MR) is 86.4 cm³/mol. The van der Waals surface area contributed by atoms with Crippen molar-refractivity contribution in [3.05, 3.63) is 48.3 Å². The number of hydrogen-bond donors (Lipinski definition) is 1. The lowest BCUT2D eigenvalue weighted by Gasteiger charge is -2.25. The molecular weight excluding hydrogens is 268 g/mol. The second-order valence-corrected chi connectivity index (χ2v) is 5.76. The van der Waals surface area contributed by atoms with Gasteiger partial charge in [-0.05, 0) is 25.4 Å². The van der Waals surface area contributed by atoms with Crippen LogP contribution in [0.5, 0.6) is 0 Å². The number of aromatic nitrogens is 2. The summed E-state index contributed by atoms with van der Waals surface area (Å²) in [4.78, 5) is 2.29. The van der Waals surface area contributed by atoms with Crippen LogP contribution in [-0.2, 0) is 0 Å². The highest BCUT2D eigenvalue weighted by Gasteiger charge is 2.17. The molecule has 1 atom stereocenters. The van der Waals surface area contributed by atoms with Gasteiger partial charge in [-0.2, -0.15) is 16.9 Å². The highest BCUT2D eigenvalue weighted by atomic mass is 32.2. The third-order valence-electron chi connectivity index (χ3n) is 3.41. The number of para-hydroxylation sites is 1. The molecule has 0 saturated heterocycles. The third-order valence-corrected chi connectivity index (χ3v) is 4.00. The molecule has 0 aliphatic heterocycles. The van der Waals surface area contributed by atoms with Crippen LogP contribution in [0, 0.1) is 0 Å². The molecule has 0 spiro atoms. The van der Waals surface area contributed by atoms with E-state index in [1.165, 1.54) is 5.56 Å². The smallest absolute Gasteiger partial charge is 0.0645 e. The van der Waals surface area contributed by atoms with Crippen molar-refractivity contribution >= 4 is 11.8 Å². The molecule has 0 radical (unpaired) electrons. The highest BCUT2D eigenvalue weighted by Crippen LogP contribution is 2.19. The van der Waals surface area contributed by atoms with Crippen molar-refractivity contribution in [3.63, 3.8) is 0 Å². The molecule has 0 amide bonds. The van der Waals surface area contributed by atoms with Gasteiger partial charge < -0.3 is 5.73 Å². The van der Waals surface area contributed by atoms with Gasteiger partial charge in [0.1, 0.15) is 0 Å². The lowest BCUT2D eigenvalue weighted by atomic mass is 10.1. The first kappa shape index (κ1) is 15.1. The fourth-order valence-corrected chi connectivity index (χ4v) is 2.66. The Morgan fingerprint density at radius 2 is 2.10 bits per heavy atom. The van der Waals surface area contributed by atoms with E-state index in [-0.39, 0.29) is 6.04 Å². The number of nitrogens with zero attached hydrogens (tertiary/aromatic N) is 3. The first-order valence-corrected chi connectivity index (χ1v) is 8.15. The molecule has 1 aromatic heterocycles. The summed E-state index contributed by atoms with van der Waals surface area (Å²) in [5.41, 5.74) is 8.18. The quantitative estimate of drug-likeness (QED) is 0.849. The van der Waals surface area contributed by atoms with Crippen molar-refractivity contribution in [1.82, 2.24) is 14.7 Å². The number of benzene rings is 1. The van der Waals surface area contributed by atoms with Crippen molar-refractivity contribution in [3.8, 4) is 5.69 Å². The van der Waals surface area contributed by atoms with E-state index in [1.807, 2.05) is 53.0 Å². The maximum Gasteiger partial charge on any atom is 0.0645 e. The molecule has 0 bridgehead atoms. The Labute approximate surface area is 125 Å². The van der Waals surface area contributed by atoms with Crippen molar-refractivity contribution in [2.24, 2.45) is 5.73 Å². The van der Waals surface area contributed by atoms with E-state index in [0.29, 0.717) is 6.54 Å². The van der Waals surface area contributed by atoms with E-state index in [2.05, 4.69) is 29.5 Å². The zero-order valence-corrected chi connectivity index (χ0v) is 12.9. The van der Waals surface area contributed by atoms with Gasteiger partial charge in [0.15, 0.2) is 0 Å². The normalized spacial score (nSPS) is 12.8. The third kappa shape index (κ3) is 3.62. The van der Waals surface area contributed by atoms with E-state index in [1.54, 1.807) is 0 Å². The van der Waals surface area contributed by atoms with Crippen LogP contribution in [0.3, 0.4) is 0 Å². The van der Waals surface area contributed by atoms with Crippen molar-refractivity contribution in [1.29, 1.82) is 0 Å². The molecule has 0 aliphatic carbocycles. The van der Waals surface area contributed by atoms with Gasteiger partial charge in [0.2, 0.25) is 0 Å². The van der Waals surface area contributed by atoms with Gasteiger partial charge in [0.25, 0.3) is 0 Å². The second-order valence-electron chi connectivity index (χ2n) is 4.78. The van der Waals surface area contributed by atoms with E-state index >= 15 is 0 Å². The molecule has 0 saturated carbocycles. The number of likely N-dealkylation sites (N-methyl/N-ethyl adjacent to an activating group) is 1. The molecule has 1 heterocycles. The minimum atomic E-state index is 0.222. The molecule has 1 aromatic carbocycles. The summed E-state index contributed by atoms with van der Waals surface area (Å²) in [6.07, 6.45) is 6.11. The van der Waals surface area contributed by atoms with Gasteiger partial charge in [-0.3, -0.25) is 4.90 Å². The fourth-order valence-electron chi connectivity index (χ4n) is 2.19.